The van der Waals surface area contributed by atoms with Crippen molar-refractivity contribution in [2.75, 3.05) is 6.54 Å². The molecule has 2 aromatic rings. The van der Waals surface area contributed by atoms with E-state index in [9.17, 15) is 4.79 Å². The smallest absolute Gasteiger partial charge is 0.251 e. The lowest BCUT2D eigenvalue weighted by Gasteiger charge is -2.20. The molecule has 0 aromatic heterocycles. The molecule has 108 valence electrons. The summed E-state index contributed by atoms with van der Waals surface area (Å²) < 4.78 is 2.12. The maximum absolute atomic E-state index is 12.0. The van der Waals surface area contributed by atoms with Crippen LogP contribution in [0.1, 0.15) is 33.1 Å². The zero-order chi connectivity index (χ0) is 15.0. The van der Waals surface area contributed by atoms with Crippen LogP contribution in [0.4, 0.5) is 0 Å². The fraction of sp³-hybridized carbons (Fsp3) is 0.188. The third-order valence-electron chi connectivity index (χ3n) is 3.71. The molecule has 0 saturated carbocycles. The molecule has 0 saturated heterocycles. The van der Waals surface area contributed by atoms with Gasteiger partial charge in [-0.3, -0.25) is 4.79 Å². The standard InChI is InChI=1S/C16H14BrIN2O/c17-14-4-3-11(18)8-13(14)15(19)10-2-1-9-5-6-20-16(21)12(9)7-10/h1-4,7-8,15H,5-6,19H2,(H,20,21). The molecule has 1 aliphatic heterocycles. The van der Waals surface area contributed by atoms with Gasteiger partial charge in [-0.1, -0.05) is 28.1 Å². The third-order valence-corrected chi connectivity index (χ3v) is 5.10. The van der Waals surface area contributed by atoms with E-state index in [0.717, 1.165) is 36.7 Å². The number of rotatable bonds is 2. The fourth-order valence-corrected chi connectivity index (χ4v) is 3.56. The molecule has 2 aromatic carbocycles. The van der Waals surface area contributed by atoms with Gasteiger partial charge in [-0.2, -0.15) is 0 Å². The van der Waals surface area contributed by atoms with Crippen LogP contribution in [0.3, 0.4) is 0 Å². The summed E-state index contributed by atoms with van der Waals surface area (Å²) in [5.74, 6) is -0.00740. The molecule has 0 bridgehead atoms. The Bertz CT molecular complexity index is 717. The van der Waals surface area contributed by atoms with E-state index in [-0.39, 0.29) is 11.9 Å². The van der Waals surface area contributed by atoms with Crippen LogP contribution >= 0.6 is 38.5 Å². The van der Waals surface area contributed by atoms with Gasteiger partial charge in [0.2, 0.25) is 0 Å². The summed E-state index contributed by atoms with van der Waals surface area (Å²) in [7, 11) is 0. The lowest BCUT2D eigenvalue weighted by atomic mass is 9.93. The van der Waals surface area contributed by atoms with Gasteiger partial charge >= 0.3 is 0 Å². The predicted molar refractivity (Wildman–Crippen MR) is 95.4 cm³/mol. The molecule has 1 atom stereocenters. The lowest BCUT2D eigenvalue weighted by Crippen LogP contribution is -2.32. The molecule has 1 unspecified atom stereocenters. The molecule has 3 nitrogen and oxygen atoms in total. The second-order valence-electron chi connectivity index (χ2n) is 5.07. The van der Waals surface area contributed by atoms with Crippen LogP contribution in [0.2, 0.25) is 0 Å². The van der Waals surface area contributed by atoms with Crippen LogP contribution in [0.25, 0.3) is 0 Å². The average Bonchev–Trinajstić information content (AvgIpc) is 2.49. The number of hydrogen-bond acceptors (Lipinski definition) is 2. The number of carbonyl (C=O) groups is 1. The summed E-state index contributed by atoms with van der Waals surface area (Å²) in [4.78, 5) is 12.0. The first-order valence-electron chi connectivity index (χ1n) is 6.68. The Morgan fingerprint density at radius 2 is 2.05 bits per heavy atom. The van der Waals surface area contributed by atoms with E-state index in [1.807, 2.05) is 30.3 Å². The molecule has 21 heavy (non-hydrogen) atoms. The topological polar surface area (TPSA) is 55.1 Å². The van der Waals surface area contributed by atoms with E-state index >= 15 is 0 Å². The van der Waals surface area contributed by atoms with Gasteiger partial charge in [0.05, 0.1) is 6.04 Å². The van der Waals surface area contributed by atoms with E-state index in [1.165, 1.54) is 0 Å². The van der Waals surface area contributed by atoms with E-state index in [1.54, 1.807) is 0 Å². The maximum Gasteiger partial charge on any atom is 0.251 e. The highest BCUT2D eigenvalue weighted by molar-refractivity contribution is 14.1. The maximum atomic E-state index is 12.0. The summed E-state index contributed by atoms with van der Waals surface area (Å²) in [5, 5.41) is 2.87. The quantitative estimate of drug-likeness (QED) is 0.680. The Balaban J connectivity index is 2.02. The minimum absolute atomic E-state index is 0.00740. The van der Waals surface area contributed by atoms with Crippen molar-refractivity contribution in [2.45, 2.75) is 12.5 Å². The minimum atomic E-state index is -0.255. The molecule has 1 heterocycles. The number of hydrogen-bond donors (Lipinski definition) is 2. The molecule has 0 aliphatic carbocycles. The number of nitrogens with two attached hydrogens (primary N) is 1. The molecule has 0 spiro atoms. The van der Waals surface area contributed by atoms with Crippen molar-refractivity contribution < 1.29 is 4.79 Å². The largest absolute Gasteiger partial charge is 0.352 e. The van der Waals surface area contributed by atoms with Crippen LogP contribution < -0.4 is 11.1 Å². The fourth-order valence-electron chi connectivity index (χ4n) is 2.56. The Morgan fingerprint density at radius 1 is 1.24 bits per heavy atom. The highest BCUT2D eigenvalue weighted by Gasteiger charge is 2.19. The number of halogens is 2. The number of carbonyl (C=O) groups excluding carboxylic acids is 1. The van der Waals surface area contributed by atoms with Crippen molar-refractivity contribution in [3.8, 4) is 0 Å². The van der Waals surface area contributed by atoms with Crippen LogP contribution in [0.15, 0.2) is 40.9 Å². The Morgan fingerprint density at radius 3 is 2.86 bits per heavy atom. The molecular formula is C16H14BrIN2O. The summed E-state index contributed by atoms with van der Waals surface area (Å²) in [6.07, 6.45) is 0.878. The number of fused-ring (bicyclic) bond motifs is 1. The van der Waals surface area contributed by atoms with Crippen molar-refractivity contribution in [1.29, 1.82) is 0 Å². The summed E-state index contributed by atoms with van der Waals surface area (Å²) in [6.45, 7) is 0.708. The van der Waals surface area contributed by atoms with Gasteiger partial charge in [0.15, 0.2) is 0 Å². The SMILES string of the molecule is NC(c1ccc2c(c1)C(=O)NCC2)c1cc(I)ccc1Br. The monoisotopic (exact) mass is 456 g/mol. The zero-order valence-electron chi connectivity index (χ0n) is 11.2. The molecule has 3 N–H and O–H groups in total. The van der Waals surface area contributed by atoms with Crippen molar-refractivity contribution >= 4 is 44.4 Å². The Hall–Kier alpha value is -0.920. The van der Waals surface area contributed by atoms with Crippen molar-refractivity contribution in [3.05, 3.63) is 66.7 Å². The van der Waals surface area contributed by atoms with Gasteiger partial charge in [0.25, 0.3) is 5.91 Å². The van der Waals surface area contributed by atoms with E-state index in [4.69, 9.17) is 5.73 Å². The summed E-state index contributed by atoms with van der Waals surface area (Å²) in [6, 6.07) is 11.8. The Labute approximate surface area is 145 Å². The first-order chi connectivity index (χ1) is 10.1. The molecule has 5 heteroatoms. The molecular weight excluding hydrogens is 443 g/mol. The number of amides is 1. The van der Waals surface area contributed by atoms with Crippen LogP contribution in [-0.4, -0.2) is 12.5 Å². The van der Waals surface area contributed by atoms with E-state index in [0.29, 0.717) is 6.54 Å². The van der Waals surface area contributed by atoms with Gasteiger partial charge in [0.1, 0.15) is 0 Å². The number of benzene rings is 2. The second kappa shape index (κ2) is 6.06. The molecule has 3 rings (SSSR count). The first kappa shape index (κ1) is 15.0. The molecule has 1 aliphatic rings. The van der Waals surface area contributed by atoms with Crippen molar-refractivity contribution in [3.63, 3.8) is 0 Å². The van der Waals surface area contributed by atoms with Crippen molar-refractivity contribution in [2.24, 2.45) is 5.73 Å². The summed E-state index contributed by atoms with van der Waals surface area (Å²) >= 11 is 5.82. The van der Waals surface area contributed by atoms with Crippen molar-refractivity contribution in [1.82, 2.24) is 5.32 Å². The first-order valence-corrected chi connectivity index (χ1v) is 8.55. The summed E-state index contributed by atoms with van der Waals surface area (Å²) in [5.41, 5.74) is 10.2. The highest BCUT2D eigenvalue weighted by atomic mass is 127. The van der Waals surface area contributed by atoms with E-state index < -0.39 is 0 Å². The zero-order valence-corrected chi connectivity index (χ0v) is 14.9. The molecule has 0 radical (unpaired) electrons. The predicted octanol–water partition coefficient (Wildman–Crippen LogP) is 3.39. The molecule has 1 amide bonds. The van der Waals surface area contributed by atoms with Crippen LogP contribution in [-0.2, 0) is 6.42 Å². The third kappa shape index (κ3) is 3.00. The van der Waals surface area contributed by atoms with Gasteiger partial charge < -0.3 is 11.1 Å². The number of nitrogens with one attached hydrogen (secondary N) is 1. The van der Waals surface area contributed by atoms with Gasteiger partial charge in [-0.25, -0.2) is 0 Å². The minimum Gasteiger partial charge on any atom is -0.352 e. The molecule has 0 fully saturated rings. The normalized spacial score (nSPS) is 15.3. The van der Waals surface area contributed by atoms with E-state index in [2.05, 4.69) is 49.9 Å². The highest BCUT2D eigenvalue weighted by Crippen LogP contribution is 2.30. The van der Waals surface area contributed by atoms with Gasteiger partial charge in [-0.05, 0) is 70.0 Å². The Kier molecular flexibility index (Phi) is 4.33. The van der Waals surface area contributed by atoms with Crippen LogP contribution in [0, 0.1) is 3.57 Å². The van der Waals surface area contributed by atoms with Crippen LogP contribution in [0.5, 0.6) is 0 Å². The van der Waals surface area contributed by atoms with Gasteiger partial charge in [0, 0.05) is 20.2 Å². The second-order valence-corrected chi connectivity index (χ2v) is 7.17. The van der Waals surface area contributed by atoms with Gasteiger partial charge in [-0.15, -0.1) is 0 Å². The average molecular weight is 457 g/mol. The lowest BCUT2D eigenvalue weighted by molar-refractivity contribution is 0.0946.